The maximum Gasteiger partial charge on any atom is 0.303 e. The van der Waals surface area contributed by atoms with Crippen molar-refractivity contribution in [1.29, 1.82) is 0 Å². The summed E-state index contributed by atoms with van der Waals surface area (Å²) in [6.45, 7) is -0.415. The molecule has 12 heavy (non-hydrogen) atoms. The number of rotatable bonds is 5. The van der Waals surface area contributed by atoms with Crippen LogP contribution < -0.4 is 0 Å². The largest absolute Gasteiger partial charge is 0.481 e. The zero-order valence-electron chi connectivity index (χ0n) is 6.34. The molecule has 0 saturated heterocycles. The van der Waals surface area contributed by atoms with E-state index in [4.69, 9.17) is 25.5 Å². The number of hydrogen-bond acceptors (Lipinski definition) is 5. The summed E-state index contributed by atoms with van der Waals surface area (Å²) < 4.78 is 0. The average Bonchev–Trinajstić information content (AvgIpc) is 1.83. The Morgan fingerprint density at radius 3 is 2.08 bits per heavy atom. The van der Waals surface area contributed by atoms with Crippen molar-refractivity contribution in [2.45, 2.75) is 18.8 Å². The Labute approximate surface area is 68.7 Å². The fourth-order valence-electron chi connectivity index (χ4n) is 0.799. The van der Waals surface area contributed by atoms with Crippen LogP contribution in [-0.4, -0.2) is 44.1 Å². The minimum Gasteiger partial charge on any atom is -0.481 e. The summed E-state index contributed by atoms with van der Waals surface area (Å²) in [5.74, 6) is -5.59. The molecule has 1 unspecified atom stereocenters. The van der Waals surface area contributed by atoms with Crippen LogP contribution in [0.5, 0.6) is 0 Å². The Hall–Kier alpha value is -0.690. The first-order valence-corrected chi connectivity index (χ1v) is 3.37. The Bertz CT molecular complexity index is 149. The number of aliphatic carboxylic acids is 1. The lowest BCUT2D eigenvalue weighted by Crippen LogP contribution is -2.39. The van der Waals surface area contributed by atoms with Crippen molar-refractivity contribution in [3.63, 3.8) is 0 Å². The molecule has 0 aromatic carbocycles. The highest BCUT2D eigenvalue weighted by Gasteiger charge is 2.33. The molecule has 6 nitrogen and oxygen atoms in total. The minimum absolute atomic E-state index is 0.185. The first-order valence-electron chi connectivity index (χ1n) is 3.37. The second-order valence-electron chi connectivity index (χ2n) is 2.49. The van der Waals surface area contributed by atoms with Crippen molar-refractivity contribution in [2.24, 2.45) is 5.92 Å². The summed E-state index contributed by atoms with van der Waals surface area (Å²) in [5, 5.41) is 42.4. The quantitative estimate of drug-likeness (QED) is 0.315. The van der Waals surface area contributed by atoms with Crippen molar-refractivity contribution < 1.29 is 30.3 Å². The highest BCUT2D eigenvalue weighted by molar-refractivity contribution is 5.67. The molecule has 0 aliphatic carbocycles. The first kappa shape index (κ1) is 11.3. The molecule has 0 aliphatic rings. The molecule has 0 aliphatic heterocycles. The molecule has 0 fully saturated rings. The van der Waals surface area contributed by atoms with Crippen LogP contribution in [0.4, 0.5) is 0 Å². The van der Waals surface area contributed by atoms with E-state index in [1.807, 2.05) is 0 Å². The predicted octanol–water partition coefficient (Wildman–Crippen LogP) is -1.91. The SMILES string of the molecule is O=C(O)CC(CCO)C(O)(O)O. The monoisotopic (exact) mass is 180 g/mol. The van der Waals surface area contributed by atoms with E-state index >= 15 is 0 Å². The summed E-state index contributed by atoms with van der Waals surface area (Å²) >= 11 is 0. The van der Waals surface area contributed by atoms with E-state index in [-0.39, 0.29) is 6.42 Å². The van der Waals surface area contributed by atoms with E-state index in [9.17, 15) is 4.79 Å². The molecule has 5 N–H and O–H groups in total. The van der Waals surface area contributed by atoms with Crippen LogP contribution in [0.2, 0.25) is 0 Å². The maximum atomic E-state index is 10.1. The average molecular weight is 180 g/mol. The predicted molar refractivity (Wildman–Crippen MR) is 36.8 cm³/mol. The first-order chi connectivity index (χ1) is 5.38. The van der Waals surface area contributed by atoms with Crippen LogP contribution in [0.25, 0.3) is 0 Å². The van der Waals surface area contributed by atoms with E-state index in [1.54, 1.807) is 0 Å². The summed E-state index contributed by atoms with van der Waals surface area (Å²) in [5.41, 5.74) is 0. The zero-order chi connectivity index (χ0) is 9.78. The third-order valence-electron chi connectivity index (χ3n) is 1.45. The lowest BCUT2D eigenvalue weighted by atomic mass is 9.99. The normalized spacial score (nSPS) is 14.3. The lowest BCUT2D eigenvalue weighted by Gasteiger charge is -2.23. The Morgan fingerprint density at radius 2 is 1.83 bits per heavy atom. The van der Waals surface area contributed by atoms with Crippen LogP contribution in [0, 0.1) is 5.92 Å². The van der Waals surface area contributed by atoms with E-state index in [1.165, 1.54) is 0 Å². The van der Waals surface area contributed by atoms with E-state index in [2.05, 4.69) is 0 Å². The molecule has 0 saturated carbocycles. The van der Waals surface area contributed by atoms with Crippen LogP contribution in [0.1, 0.15) is 12.8 Å². The van der Waals surface area contributed by atoms with Gasteiger partial charge < -0.3 is 25.5 Å². The number of aliphatic hydroxyl groups is 4. The summed E-state index contributed by atoms with van der Waals surface area (Å²) in [4.78, 5) is 10.1. The molecule has 0 amide bonds. The standard InChI is InChI=1S/C6H12O6/c7-2-1-4(3-5(8)9)6(10,11)12/h4,7,10-12H,1-3H2,(H,8,9). The van der Waals surface area contributed by atoms with Gasteiger partial charge in [0.25, 0.3) is 5.97 Å². The van der Waals surface area contributed by atoms with Crippen molar-refractivity contribution in [2.75, 3.05) is 6.61 Å². The molecule has 0 aromatic rings. The molecule has 0 spiro atoms. The second kappa shape index (κ2) is 4.36. The summed E-state index contributed by atoms with van der Waals surface area (Å²) in [7, 11) is 0. The number of hydrogen-bond donors (Lipinski definition) is 5. The van der Waals surface area contributed by atoms with Crippen LogP contribution in [0.3, 0.4) is 0 Å². The maximum absolute atomic E-state index is 10.1. The minimum atomic E-state index is -3.04. The number of carboxylic acids is 1. The topological polar surface area (TPSA) is 118 Å². The Morgan fingerprint density at radius 1 is 1.33 bits per heavy atom. The molecule has 0 bridgehead atoms. The van der Waals surface area contributed by atoms with Gasteiger partial charge in [0.2, 0.25) is 0 Å². The van der Waals surface area contributed by atoms with Crippen molar-refractivity contribution in [3.8, 4) is 0 Å². The van der Waals surface area contributed by atoms with Gasteiger partial charge in [0.05, 0.1) is 12.3 Å². The van der Waals surface area contributed by atoms with Crippen molar-refractivity contribution in [3.05, 3.63) is 0 Å². The van der Waals surface area contributed by atoms with E-state index in [0.29, 0.717) is 0 Å². The summed E-state index contributed by atoms with van der Waals surface area (Å²) in [6.07, 6.45) is -0.792. The fourth-order valence-corrected chi connectivity index (χ4v) is 0.799. The van der Waals surface area contributed by atoms with Gasteiger partial charge in [-0.05, 0) is 6.42 Å². The number of aliphatic hydroxyl groups excluding tert-OH is 1. The third kappa shape index (κ3) is 4.24. The third-order valence-corrected chi connectivity index (χ3v) is 1.45. The number of carboxylic acid groups (broad SMARTS) is 1. The molecule has 0 rings (SSSR count). The molecule has 1 atom stereocenters. The highest BCUT2D eigenvalue weighted by Crippen LogP contribution is 2.18. The fraction of sp³-hybridized carbons (Fsp3) is 0.833. The second-order valence-corrected chi connectivity index (χ2v) is 2.49. The van der Waals surface area contributed by atoms with E-state index in [0.717, 1.165) is 0 Å². The van der Waals surface area contributed by atoms with Crippen molar-refractivity contribution in [1.82, 2.24) is 0 Å². The van der Waals surface area contributed by atoms with Gasteiger partial charge in [0, 0.05) is 6.61 Å². The van der Waals surface area contributed by atoms with Crippen LogP contribution >= 0.6 is 0 Å². The van der Waals surface area contributed by atoms with Gasteiger partial charge in [0.1, 0.15) is 0 Å². The smallest absolute Gasteiger partial charge is 0.303 e. The molecule has 0 aromatic heterocycles. The lowest BCUT2D eigenvalue weighted by molar-refractivity contribution is -0.343. The molecule has 6 heteroatoms. The molecule has 0 radical (unpaired) electrons. The Kier molecular flexibility index (Phi) is 4.11. The highest BCUT2D eigenvalue weighted by atomic mass is 16.7. The van der Waals surface area contributed by atoms with Crippen molar-refractivity contribution >= 4 is 5.97 Å². The van der Waals surface area contributed by atoms with Gasteiger partial charge in [-0.25, -0.2) is 0 Å². The van der Waals surface area contributed by atoms with E-state index < -0.39 is 30.9 Å². The van der Waals surface area contributed by atoms with Gasteiger partial charge in [-0.2, -0.15) is 0 Å². The molecule has 0 heterocycles. The van der Waals surface area contributed by atoms with Gasteiger partial charge in [-0.3, -0.25) is 4.79 Å². The zero-order valence-corrected chi connectivity index (χ0v) is 6.34. The molecular formula is C6H12O6. The van der Waals surface area contributed by atoms with Gasteiger partial charge in [0.15, 0.2) is 0 Å². The molecule has 72 valence electrons. The Balaban J connectivity index is 4.13. The molecular weight excluding hydrogens is 168 g/mol. The van der Waals surface area contributed by atoms with Crippen LogP contribution in [0.15, 0.2) is 0 Å². The van der Waals surface area contributed by atoms with Gasteiger partial charge >= 0.3 is 5.97 Å². The number of carbonyl (C=O) groups is 1. The van der Waals surface area contributed by atoms with Gasteiger partial charge in [-0.15, -0.1) is 0 Å². The van der Waals surface area contributed by atoms with Crippen LogP contribution in [-0.2, 0) is 4.79 Å². The van der Waals surface area contributed by atoms with Gasteiger partial charge in [-0.1, -0.05) is 0 Å². The summed E-state index contributed by atoms with van der Waals surface area (Å²) in [6, 6.07) is 0.